The van der Waals surface area contributed by atoms with E-state index in [1.54, 1.807) is 0 Å². The van der Waals surface area contributed by atoms with Gasteiger partial charge >= 0.3 is 0 Å². The SMILES string of the molecule is [2H]c1nc(C2([2H])C([2H])([2H])OC2([2H])[2H])nc(Br)c1[2H]. The van der Waals surface area contributed by atoms with Gasteiger partial charge in [-0.15, -0.1) is 0 Å². The first-order valence-electron chi connectivity index (χ1n) is 6.24. The fraction of sp³-hybridized carbons (Fsp3) is 0.429. The van der Waals surface area contributed by atoms with E-state index in [4.69, 9.17) is 9.60 Å². The van der Waals surface area contributed by atoms with Crippen LogP contribution >= 0.6 is 15.9 Å². The second kappa shape index (κ2) is 2.87. The van der Waals surface area contributed by atoms with Crippen molar-refractivity contribution in [3.63, 3.8) is 0 Å². The van der Waals surface area contributed by atoms with E-state index in [9.17, 15) is 0 Å². The van der Waals surface area contributed by atoms with Gasteiger partial charge in [0.15, 0.2) is 0 Å². The minimum absolute atomic E-state index is 0.0948. The Kier molecular flexibility index (Phi) is 0.725. The Morgan fingerprint density at radius 2 is 2.73 bits per heavy atom. The number of hydrogen-bond acceptors (Lipinski definition) is 3. The molecular formula is C7H7BrN2O. The van der Waals surface area contributed by atoms with Crippen LogP contribution < -0.4 is 0 Å². The van der Waals surface area contributed by atoms with Crippen LogP contribution in [0.5, 0.6) is 0 Å². The van der Waals surface area contributed by atoms with Crippen molar-refractivity contribution < 1.29 is 14.3 Å². The number of hydrogen-bond donors (Lipinski definition) is 0. The number of aromatic nitrogens is 2. The van der Waals surface area contributed by atoms with Crippen molar-refractivity contribution in [3.8, 4) is 0 Å². The van der Waals surface area contributed by atoms with Gasteiger partial charge in [0.05, 0.1) is 27.2 Å². The molecule has 0 saturated carbocycles. The highest BCUT2D eigenvalue weighted by atomic mass is 79.9. The third-order valence-electron chi connectivity index (χ3n) is 1.05. The first-order valence-corrected chi connectivity index (χ1v) is 3.53. The Morgan fingerprint density at radius 1 is 1.91 bits per heavy atom. The molecule has 0 aliphatic carbocycles. The second-order valence-corrected chi connectivity index (χ2v) is 2.51. The van der Waals surface area contributed by atoms with Crippen molar-refractivity contribution in [2.45, 2.75) is 5.89 Å². The standard InChI is InChI=1S/C7H7BrN2O/c8-6-1-2-9-7(10-6)5-3-11-4-5/h1-2,5H,3-4H2/i1D,2D,3D2,4D2,5D. The van der Waals surface area contributed by atoms with Gasteiger partial charge in [-0.2, -0.15) is 0 Å². The molecular weight excluding hydrogens is 208 g/mol. The van der Waals surface area contributed by atoms with Crippen molar-refractivity contribution >= 4 is 15.9 Å². The molecule has 0 unspecified atom stereocenters. The summed E-state index contributed by atoms with van der Waals surface area (Å²) in [5, 5.41) is 0. The zero-order chi connectivity index (χ0) is 13.9. The van der Waals surface area contributed by atoms with E-state index in [0.717, 1.165) is 0 Å². The van der Waals surface area contributed by atoms with Crippen LogP contribution in [0.15, 0.2) is 16.8 Å². The fourth-order valence-electron chi connectivity index (χ4n) is 0.578. The average Bonchev–Trinajstić information content (AvgIpc) is 2.22. The number of rotatable bonds is 1. The lowest BCUT2D eigenvalue weighted by Gasteiger charge is -2.24. The lowest BCUT2D eigenvalue weighted by molar-refractivity contribution is 0.00478. The molecule has 1 aliphatic heterocycles. The summed E-state index contributed by atoms with van der Waals surface area (Å²) in [5.41, 5.74) is 0. The van der Waals surface area contributed by atoms with E-state index in [1.165, 1.54) is 0 Å². The van der Waals surface area contributed by atoms with E-state index in [-0.39, 0.29) is 10.6 Å². The number of halogens is 1. The molecule has 2 rings (SSSR count). The molecule has 11 heavy (non-hydrogen) atoms. The lowest BCUT2D eigenvalue weighted by Crippen LogP contribution is -2.26. The summed E-state index contributed by atoms with van der Waals surface area (Å²) in [7, 11) is 0. The molecule has 1 fully saturated rings. The highest BCUT2D eigenvalue weighted by Gasteiger charge is 2.22. The van der Waals surface area contributed by atoms with Crippen LogP contribution in [-0.2, 0) is 4.74 Å². The van der Waals surface area contributed by atoms with Gasteiger partial charge in [0, 0.05) is 7.54 Å². The smallest absolute Gasteiger partial charge is 0.137 e. The van der Waals surface area contributed by atoms with Gasteiger partial charge in [0.25, 0.3) is 0 Å². The van der Waals surface area contributed by atoms with Crippen LogP contribution in [-0.4, -0.2) is 23.1 Å². The molecule has 0 amide bonds. The molecule has 2 heterocycles. The molecule has 4 heteroatoms. The largest absolute Gasteiger partial charge is 0.380 e. The molecule has 0 bridgehead atoms. The lowest BCUT2D eigenvalue weighted by atomic mass is 10.1. The highest BCUT2D eigenvalue weighted by molar-refractivity contribution is 9.10. The molecule has 0 aromatic carbocycles. The van der Waals surface area contributed by atoms with E-state index in [1.807, 2.05) is 0 Å². The predicted octanol–water partition coefficient (Wildman–Crippen LogP) is 1.35. The quantitative estimate of drug-likeness (QED) is 0.673. The Labute approximate surface area is 82.8 Å². The number of ether oxygens (including phenoxy) is 1. The first kappa shape index (κ1) is 2.78. The Bertz CT molecular complexity index is 486. The summed E-state index contributed by atoms with van der Waals surface area (Å²) in [6.45, 7) is -5.21. The van der Waals surface area contributed by atoms with Gasteiger partial charge in [-0.25, -0.2) is 9.97 Å². The normalized spacial score (nSPS) is 39.2. The van der Waals surface area contributed by atoms with Gasteiger partial charge in [0.1, 0.15) is 10.4 Å². The summed E-state index contributed by atoms with van der Waals surface area (Å²) in [6, 6.07) is -0.316. The van der Waals surface area contributed by atoms with Gasteiger partial charge in [-0.1, -0.05) is 0 Å². The summed E-state index contributed by atoms with van der Waals surface area (Å²) in [4.78, 5) is 7.18. The second-order valence-electron chi connectivity index (χ2n) is 1.76. The average molecular weight is 222 g/mol. The van der Waals surface area contributed by atoms with Crippen molar-refractivity contribution in [1.82, 2.24) is 9.97 Å². The van der Waals surface area contributed by atoms with Gasteiger partial charge in [0.2, 0.25) is 0 Å². The van der Waals surface area contributed by atoms with Gasteiger partial charge in [-0.3, -0.25) is 0 Å². The van der Waals surface area contributed by atoms with Crippen LogP contribution in [0.1, 0.15) is 21.3 Å². The molecule has 0 atom stereocenters. The molecule has 1 aliphatic rings. The maximum atomic E-state index is 7.91. The Hall–Kier alpha value is -0.480. The van der Waals surface area contributed by atoms with Crippen molar-refractivity contribution in [1.29, 1.82) is 0 Å². The van der Waals surface area contributed by atoms with Crippen molar-refractivity contribution in [2.24, 2.45) is 0 Å². The van der Waals surface area contributed by atoms with E-state index in [2.05, 4.69) is 30.6 Å². The van der Waals surface area contributed by atoms with Gasteiger partial charge < -0.3 is 4.74 Å². The molecule has 3 nitrogen and oxygen atoms in total. The van der Waals surface area contributed by atoms with Crippen molar-refractivity contribution in [2.75, 3.05) is 13.1 Å². The topological polar surface area (TPSA) is 35.0 Å². The molecule has 1 aromatic heterocycles. The minimum atomic E-state index is -2.61. The predicted molar refractivity (Wildman–Crippen MR) is 43.3 cm³/mol. The van der Waals surface area contributed by atoms with E-state index in [0.29, 0.717) is 0 Å². The molecule has 0 radical (unpaired) electrons. The van der Waals surface area contributed by atoms with Crippen LogP contribution in [0.4, 0.5) is 0 Å². The summed E-state index contributed by atoms with van der Waals surface area (Å²) >= 11 is 2.89. The summed E-state index contributed by atoms with van der Waals surface area (Å²) < 4.78 is 56.7. The maximum absolute atomic E-state index is 7.91. The number of nitrogens with zero attached hydrogens (tertiary/aromatic N) is 2. The fourth-order valence-corrected chi connectivity index (χ4v) is 0.835. The summed E-state index contributed by atoms with van der Waals surface area (Å²) in [5.74, 6) is -3.01. The molecule has 1 aromatic rings. The van der Waals surface area contributed by atoms with Crippen molar-refractivity contribution in [3.05, 3.63) is 22.6 Å². The van der Waals surface area contributed by atoms with Crippen LogP contribution in [0.25, 0.3) is 0 Å². The Morgan fingerprint density at radius 3 is 3.36 bits per heavy atom. The third kappa shape index (κ3) is 1.41. The molecule has 0 N–H and O–H groups in total. The third-order valence-corrected chi connectivity index (χ3v) is 1.43. The van der Waals surface area contributed by atoms with Crippen LogP contribution in [0.2, 0.25) is 0 Å². The first-order chi connectivity index (χ1) is 8.03. The van der Waals surface area contributed by atoms with Gasteiger partial charge in [-0.05, 0) is 22.0 Å². The molecule has 58 valence electrons. The Balaban J connectivity index is 2.61. The monoisotopic (exact) mass is 221 g/mol. The maximum Gasteiger partial charge on any atom is 0.137 e. The minimum Gasteiger partial charge on any atom is -0.380 e. The zero-order valence-electron chi connectivity index (χ0n) is 12.2. The molecule has 1 saturated heterocycles. The zero-order valence-corrected chi connectivity index (χ0v) is 6.77. The molecule has 0 spiro atoms. The summed E-state index contributed by atoms with van der Waals surface area (Å²) in [6.07, 6.45) is -0.517. The van der Waals surface area contributed by atoms with E-state index < -0.39 is 31.0 Å². The van der Waals surface area contributed by atoms with E-state index >= 15 is 0 Å². The highest BCUT2D eigenvalue weighted by Crippen LogP contribution is 2.20. The van der Waals surface area contributed by atoms with Crippen LogP contribution in [0.3, 0.4) is 0 Å². The van der Waals surface area contributed by atoms with Crippen LogP contribution in [0, 0.1) is 0 Å².